The van der Waals surface area contributed by atoms with Crippen molar-refractivity contribution in [1.82, 2.24) is 9.97 Å². The lowest BCUT2D eigenvalue weighted by molar-refractivity contribution is 0.252. The van der Waals surface area contributed by atoms with Crippen molar-refractivity contribution in [2.24, 2.45) is 11.3 Å². The van der Waals surface area contributed by atoms with E-state index in [1.54, 1.807) is 6.33 Å². The van der Waals surface area contributed by atoms with Gasteiger partial charge in [-0.3, -0.25) is 0 Å². The third kappa shape index (κ3) is 4.09. The van der Waals surface area contributed by atoms with Gasteiger partial charge in [0.25, 0.3) is 0 Å². The largest absolute Gasteiger partial charge is 0.370 e. The number of hydrogen-bond donors (Lipinski definition) is 2. The Bertz CT molecular complexity index is 411. The highest BCUT2D eigenvalue weighted by molar-refractivity contribution is 5.46. The average Bonchev–Trinajstić information content (AvgIpc) is 2.85. The molecule has 1 fully saturated rings. The summed E-state index contributed by atoms with van der Waals surface area (Å²) in [6.45, 7) is 8.65. The minimum atomic E-state index is 0.470. The van der Waals surface area contributed by atoms with E-state index in [0.717, 1.165) is 30.6 Å². The lowest BCUT2D eigenvalue weighted by Gasteiger charge is -2.31. The molecule has 1 aliphatic rings. The van der Waals surface area contributed by atoms with Crippen LogP contribution in [0.3, 0.4) is 0 Å². The third-order valence-corrected chi connectivity index (χ3v) is 4.17. The van der Waals surface area contributed by atoms with Gasteiger partial charge in [0, 0.05) is 19.2 Å². The predicted octanol–water partition coefficient (Wildman–Crippen LogP) is 3.93. The van der Waals surface area contributed by atoms with Crippen molar-refractivity contribution in [3.63, 3.8) is 0 Å². The van der Waals surface area contributed by atoms with Crippen molar-refractivity contribution in [3.05, 3.63) is 12.4 Å². The lowest BCUT2D eigenvalue weighted by atomic mass is 9.78. The molecule has 0 bridgehead atoms. The minimum absolute atomic E-state index is 0.470. The Balaban J connectivity index is 1.97. The molecule has 0 atom stereocenters. The molecule has 4 nitrogen and oxygen atoms in total. The molecule has 0 aliphatic heterocycles. The summed E-state index contributed by atoms with van der Waals surface area (Å²) in [6.07, 6.45) is 8.39. The number of nitrogens with zero attached hydrogens (tertiary/aromatic N) is 2. The van der Waals surface area contributed by atoms with E-state index < -0.39 is 0 Å². The molecule has 1 aromatic rings. The van der Waals surface area contributed by atoms with E-state index >= 15 is 0 Å². The van der Waals surface area contributed by atoms with Gasteiger partial charge in [-0.1, -0.05) is 26.7 Å². The molecular weight excluding hydrogens is 248 g/mol. The first kappa shape index (κ1) is 15.1. The van der Waals surface area contributed by atoms with Crippen LogP contribution in [0.25, 0.3) is 0 Å². The summed E-state index contributed by atoms with van der Waals surface area (Å²) in [5.41, 5.74) is 0.470. The molecule has 1 aromatic heterocycles. The Labute approximate surface area is 122 Å². The van der Waals surface area contributed by atoms with Gasteiger partial charge in [-0.05, 0) is 37.5 Å². The number of hydrogen-bond acceptors (Lipinski definition) is 4. The first-order valence-electron chi connectivity index (χ1n) is 7.93. The van der Waals surface area contributed by atoms with Crippen LogP contribution in [0.5, 0.6) is 0 Å². The summed E-state index contributed by atoms with van der Waals surface area (Å²) < 4.78 is 0. The first-order chi connectivity index (χ1) is 9.63. The highest BCUT2D eigenvalue weighted by Crippen LogP contribution is 2.43. The molecular formula is C16H28N4. The van der Waals surface area contributed by atoms with Gasteiger partial charge in [0.05, 0.1) is 0 Å². The van der Waals surface area contributed by atoms with Gasteiger partial charge in [-0.15, -0.1) is 0 Å². The quantitative estimate of drug-likeness (QED) is 0.792. The Morgan fingerprint density at radius 1 is 1.15 bits per heavy atom. The Morgan fingerprint density at radius 2 is 1.80 bits per heavy atom. The van der Waals surface area contributed by atoms with E-state index in [4.69, 9.17) is 0 Å². The van der Waals surface area contributed by atoms with Crippen LogP contribution in [0, 0.1) is 11.3 Å². The molecule has 0 aromatic carbocycles. The lowest BCUT2D eigenvalue weighted by Crippen LogP contribution is -2.28. The summed E-state index contributed by atoms with van der Waals surface area (Å²) in [6, 6.07) is 2.00. The Kier molecular flexibility index (Phi) is 5.21. The summed E-state index contributed by atoms with van der Waals surface area (Å²) in [5, 5.41) is 6.77. The number of anilines is 2. The van der Waals surface area contributed by atoms with E-state index in [1.807, 2.05) is 6.07 Å². The second-order valence-electron chi connectivity index (χ2n) is 6.48. The average molecular weight is 276 g/mol. The summed E-state index contributed by atoms with van der Waals surface area (Å²) in [7, 11) is 0. The fourth-order valence-electron chi connectivity index (χ4n) is 3.45. The number of aromatic nitrogens is 2. The van der Waals surface area contributed by atoms with E-state index in [-0.39, 0.29) is 0 Å². The van der Waals surface area contributed by atoms with Gasteiger partial charge < -0.3 is 10.6 Å². The van der Waals surface area contributed by atoms with Crippen molar-refractivity contribution in [3.8, 4) is 0 Å². The van der Waals surface area contributed by atoms with Gasteiger partial charge in [0.2, 0.25) is 0 Å². The normalized spacial score (nSPS) is 17.4. The van der Waals surface area contributed by atoms with E-state index in [0.29, 0.717) is 5.41 Å². The third-order valence-electron chi connectivity index (χ3n) is 4.17. The van der Waals surface area contributed by atoms with E-state index in [2.05, 4.69) is 41.4 Å². The summed E-state index contributed by atoms with van der Waals surface area (Å²) in [4.78, 5) is 8.54. The topological polar surface area (TPSA) is 49.8 Å². The van der Waals surface area contributed by atoms with Crippen LogP contribution in [0.15, 0.2) is 12.4 Å². The fraction of sp³-hybridized carbons (Fsp3) is 0.750. The van der Waals surface area contributed by atoms with Gasteiger partial charge >= 0.3 is 0 Å². The Morgan fingerprint density at radius 3 is 2.40 bits per heavy atom. The second kappa shape index (κ2) is 6.91. The van der Waals surface area contributed by atoms with E-state index in [9.17, 15) is 0 Å². The molecule has 4 heteroatoms. The minimum Gasteiger partial charge on any atom is -0.370 e. The molecule has 1 aliphatic carbocycles. The van der Waals surface area contributed by atoms with Crippen molar-refractivity contribution in [1.29, 1.82) is 0 Å². The molecule has 0 amide bonds. The maximum Gasteiger partial charge on any atom is 0.131 e. The smallest absolute Gasteiger partial charge is 0.131 e. The van der Waals surface area contributed by atoms with Crippen LogP contribution < -0.4 is 10.6 Å². The van der Waals surface area contributed by atoms with Crippen molar-refractivity contribution >= 4 is 11.6 Å². The van der Waals surface area contributed by atoms with Crippen LogP contribution in [-0.2, 0) is 0 Å². The zero-order chi connectivity index (χ0) is 14.4. The zero-order valence-electron chi connectivity index (χ0n) is 13.1. The standard InChI is InChI=1S/C16H28N4/c1-4-17-14-9-15(20-12-19-14)18-11-16(10-13(2)3)7-5-6-8-16/h9,12-13H,4-8,10-11H2,1-3H3,(H2,17,18,19,20). The predicted molar refractivity (Wildman–Crippen MR) is 85.0 cm³/mol. The number of nitrogens with one attached hydrogen (secondary N) is 2. The van der Waals surface area contributed by atoms with Crippen LogP contribution in [0.4, 0.5) is 11.6 Å². The van der Waals surface area contributed by atoms with Gasteiger partial charge in [0.1, 0.15) is 18.0 Å². The highest BCUT2D eigenvalue weighted by atomic mass is 15.1. The van der Waals surface area contributed by atoms with E-state index in [1.165, 1.54) is 32.1 Å². The zero-order valence-corrected chi connectivity index (χ0v) is 13.1. The molecule has 1 saturated carbocycles. The molecule has 0 radical (unpaired) electrons. The first-order valence-corrected chi connectivity index (χ1v) is 7.93. The van der Waals surface area contributed by atoms with Gasteiger partial charge in [0.15, 0.2) is 0 Å². The van der Waals surface area contributed by atoms with Gasteiger partial charge in [-0.2, -0.15) is 0 Å². The molecule has 1 heterocycles. The van der Waals surface area contributed by atoms with Crippen molar-refractivity contribution in [2.75, 3.05) is 23.7 Å². The molecule has 0 unspecified atom stereocenters. The summed E-state index contributed by atoms with van der Waals surface area (Å²) in [5.74, 6) is 2.60. The molecule has 0 spiro atoms. The van der Waals surface area contributed by atoms with Crippen LogP contribution >= 0.6 is 0 Å². The molecule has 2 N–H and O–H groups in total. The maximum atomic E-state index is 4.33. The Hall–Kier alpha value is -1.32. The van der Waals surface area contributed by atoms with Crippen LogP contribution in [0.1, 0.15) is 52.9 Å². The van der Waals surface area contributed by atoms with Gasteiger partial charge in [-0.25, -0.2) is 9.97 Å². The molecule has 20 heavy (non-hydrogen) atoms. The number of rotatable bonds is 7. The summed E-state index contributed by atoms with van der Waals surface area (Å²) >= 11 is 0. The highest BCUT2D eigenvalue weighted by Gasteiger charge is 2.34. The van der Waals surface area contributed by atoms with Crippen molar-refractivity contribution in [2.45, 2.75) is 52.9 Å². The second-order valence-corrected chi connectivity index (χ2v) is 6.48. The van der Waals surface area contributed by atoms with Crippen LogP contribution in [-0.4, -0.2) is 23.1 Å². The van der Waals surface area contributed by atoms with Crippen LogP contribution in [0.2, 0.25) is 0 Å². The SMILES string of the molecule is CCNc1cc(NCC2(CC(C)C)CCCC2)ncn1. The molecule has 2 rings (SSSR count). The molecule has 0 saturated heterocycles. The van der Waals surface area contributed by atoms with Crippen molar-refractivity contribution < 1.29 is 0 Å². The molecule has 112 valence electrons. The monoisotopic (exact) mass is 276 g/mol. The fourth-order valence-corrected chi connectivity index (χ4v) is 3.45. The maximum absolute atomic E-state index is 4.33.